The van der Waals surface area contributed by atoms with Crippen LogP contribution in [-0.4, -0.2) is 24.1 Å². The second-order valence-corrected chi connectivity index (χ2v) is 5.08. The second-order valence-electron chi connectivity index (χ2n) is 5.08. The molecule has 0 aromatic rings. The second kappa shape index (κ2) is 4.59. The van der Waals surface area contributed by atoms with Crippen molar-refractivity contribution in [2.45, 2.75) is 45.6 Å². The quantitative estimate of drug-likeness (QED) is 0.721. The van der Waals surface area contributed by atoms with Gasteiger partial charge in [0.15, 0.2) is 0 Å². The average Bonchev–Trinajstić information content (AvgIpc) is 2.82. The van der Waals surface area contributed by atoms with E-state index in [1.54, 1.807) is 13.0 Å². The number of cyclic esters (lactones) is 1. The van der Waals surface area contributed by atoms with E-state index in [0.29, 0.717) is 24.2 Å². The van der Waals surface area contributed by atoms with Crippen LogP contribution in [0, 0.1) is 0 Å². The van der Waals surface area contributed by atoms with Gasteiger partial charge < -0.3 is 9.47 Å². The Balaban J connectivity index is 2.34. The summed E-state index contributed by atoms with van der Waals surface area (Å²) in [5, 5.41) is 0. The Bertz CT molecular complexity index is 454. The van der Waals surface area contributed by atoms with Crippen LogP contribution in [0.15, 0.2) is 22.8 Å². The van der Waals surface area contributed by atoms with E-state index in [9.17, 15) is 9.59 Å². The van der Waals surface area contributed by atoms with Crippen molar-refractivity contribution in [2.75, 3.05) is 6.61 Å². The van der Waals surface area contributed by atoms with Crippen molar-refractivity contribution in [1.29, 1.82) is 0 Å². The van der Waals surface area contributed by atoms with Gasteiger partial charge in [-0.05, 0) is 51.7 Å². The molecule has 0 unspecified atom stereocenters. The van der Waals surface area contributed by atoms with Gasteiger partial charge in [0.2, 0.25) is 0 Å². The smallest absolute Gasteiger partial charge is 0.339 e. The predicted molar refractivity (Wildman–Crippen MR) is 65.8 cm³/mol. The molecule has 0 saturated heterocycles. The van der Waals surface area contributed by atoms with Gasteiger partial charge in [0.25, 0.3) is 0 Å². The molecule has 18 heavy (non-hydrogen) atoms. The number of ether oxygens (including phenoxy) is 2. The van der Waals surface area contributed by atoms with E-state index in [-0.39, 0.29) is 11.9 Å². The minimum absolute atomic E-state index is 0.302. The Labute approximate surface area is 107 Å². The third-order valence-electron chi connectivity index (χ3n) is 3.13. The van der Waals surface area contributed by atoms with Gasteiger partial charge in [-0.2, -0.15) is 0 Å². The van der Waals surface area contributed by atoms with Crippen LogP contribution >= 0.6 is 0 Å². The summed E-state index contributed by atoms with van der Waals surface area (Å²) in [5.74, 6) is -0.637. The molecule has 2 rings (SSSR count). The Morgan fingerprint density at radius 1 is 1.44 bits per heavy atom. The van der Waals surface area contributed by atoms with Crippen LogP contribution in [0.25, 0.3) is 0 Å². The molecule has 0 atom stereocenters. The Hall–Kier alpha value is -1.58. The number of carbonyl (C=O) groups excluding carboxylic acids is 2. The fraction of sp³-hybridized carbons (Fsp3) is 0.571. The number of hydrogen-bond donors (Lipinski definition) is 0. The summed E-state index contributed by atoms with van der Waals surface area (Å²) in [7, 11) is 0. The molecule has 2 aliphatic rings. The lowest BCUT2D eigenvalue weighted by Gasteiger charge is -2.12. The highest BCUT2D eigenvalue weighted by molar-refractivity contribution is 6.00. The fourth-order valence-corrected chi connectivity index (χ4v) is 2.42. The maximum absolute atomic E-state index is 11.8. The van der Waals surface area contributed by atoms with Crippen molar-refractivity contribution in [3.05, 3.63) is 22.8 Å². The first-order valence-electron chi connectivity index (χ1n) is 6.30. The zero-order valence-electron chi connectivity index (χ0n) is 11.0. The van der Waals surface area contributed by atoms with Gasteiger partial charge in [0, 0.05) is 5.57 Å². The normalized spacial score (nSPS) is 21.9. The van der Waals surface area contributed by atoms with E-state index in [4.69, 9.17) is 9.47 Å². The summed E-state index contributed by atoms with van der Waals surface area (Å²) in [5.41, 5.74) is 1.41. The van der Waals surface area contributed by atoms with E-state index in [1.165, 1.54) is 0 Å². The Kier molecular flexibility index (Phi) is 3.28. The standard InChI is InChI=1S/C14H18O4/c1-4-17-12(15)10-7-5-6-9(10)11-8-14(2,3)18-13(11)16/h8H,4-7H2,1-3H3. The zero-order chi connectivity index (χ0) is 13.3. The summed E-state index contributed by atoms with van der Waals surface area (Å²) in [4.78, 5) is 23.6. The van der Waals surface area contributed by atoms with Crippen LogP contribution in [-0.2, 0) is 19.1 Å². The van der Waals surface area contributed by atoms with Crippen LogP contribution in [0.5, 0.6) is 0 Å². The first-order valence-corrected chi connectivity index (χ1v) is 6.30. The molecule has 0 bridgehead atoms. The Morgan fingerprint density at radius 2 is 2.17 bits per heavy atom. The highest BCUT2D eigenvalue weighted by atomic mass is 16.6. The predicted octanol–water partition coefficient (Wildman–Crippen LogP) is 2.29. The lowest BCUT2D eigenvalue weighted by atomic mass is 9.99. The van der Waals surface area contributed by atoms with Crippen LogP contribution < -0.4 is 0 Å². The summed E-state index contributed by atoms with van der Waals surface area (Å²) in [6, 6.07) is 0. The number of rotatable bonds is 3. The maximum Gasteiger partial charge on any atom is 0.339 e. The van der Waals surface area contributed by atoms with Gasteiger partial charge in [0.05, 0.1) is 12.2 Å². The molecule has 0 aromatic carbocycles. The summed E-state index contributed by atoms with van der Waals surface area (Å²) in [6.07, 6.45) is 4.11. The third kappa shape index (κ3) is 2.33. The molecule has 0 spiro atoms. The molecule has 0 saturated carbocycles. The molecular weight excluding hydrogens is 232 g/mol. The van der Waals surface area contributed by atoms with Crippen LogP contribution in [0.1, 0.15) is 40.0 Å². The molecule has 0 radical (unpaired) electrons. The largest absolute Gasteiger partial charge is 0.463 e. The van der Waals surface area contributed by atoms with Crippen LogP contribution in [0.2, 0.25) is 0 Å². The molecular formula is C14H18O4. The number of carbonyl (C=O) groups is 2. The van der Waals surface area contributed by atoms with Gasteiger partial charge in [-0.25, -0.2) is 9.59 Å². The van der Waals surface area contributed by atoms with E-state index in [2.05, 4.69) is 0 Å². The first kappa shape index (κ1) is 12.9. The summed E-state index contributed by atoms with van der Waals surface area (Å²) >= 11 is 0. The van der Waals surface area contributed by atoms with Gasteiger partial charge in [-0.3, -0.25) is 0 Å². The average molecular weight is 250 g/mol. The van der Waals surface area contributed by atoms with Gasteiger partial charge in [0.1, 0.15) is 5.60 Å². The first-order chi connectivity index (χ1) is 8.44. The van der Waals surface area contributed by atoms with Gasteiger partial charge >= 0.3 is 11.9 Å². The molecule has 0 amide bonds. The van der Waals surface area contributed by atoms with Crippen LogP contribution in [0.4, 0.5) is 0 Å². The highest BCUT2D eigenvalue weighted by Gasteiger charge is 2.36. The maximum atomic E-state index is 11.8. The van der Waals surface area contributed by atoms with E-state index < -0.39 is 5.60 Å². The molecule has 4 nitrogen and oxygen atoms in total. The molecule has 4 heteroatoms. The summed E-state index contributed by atoms with van der Waals surface area (Å²) < 4.78 is 10.3. The van der Waals surface area contributed by atoms with Gasteiger partial charge in [-0.1, -0.05) is 0 Å². The molecule has 1 heterocycles. The fourth-order valence-electron chi connectivity index (χ4n) is 2.42. The van der Waals surface area contributed by atoms with Crippen molar-refractivity contribution in [2.24, 2.45) is 0 Å². The zero-order valence-corrected chi connectivity index (χ0v) is 11.0. The van der Waals surface area contributed by atoms with Crippen molar-refractivity contribution >= 4 is 11.9 Å². The lowest BCUT2D eigenvalue weighted by molar-refractivity contribution is -0.143. The van der Waals surface area contributed by atoms with Crippen molar-refractivity contribution < 1.29 is 19.1 Å². The van der Waals surface area contributed by atoms with Crippen molar-refractivity contribution in [3.63, 3.8) is 0 Å². The third-order valence-corrected chi connectivity index (χ3v) is 3.13. The Morgan fingerprint density at radius 3 is 2.72 bits per heavy atom. The molecule has 0 aromatic heterocycles. The topological polar surface area (TPSA) is 52.6 Å². The van der Waals surface area contributed by atoms with E-state index in [0.717, 1.165) is 18.4 Å². The van der Waals surface area contributed by atoms with Gasteiger partial charge in [-0.15, -0.1) is 0 Å². The molecule has 0 fully saturated rings. The number of hydrogen-bond acceptors (Lipinski definition) is 4. The highest BCUT2D eigenvalue weighted by Crippen LogP contribution is 2.37. The minimum Gasteiger partial charge on any atom is -0.463 e. The molecule has 1 aliphatic carbocycles. The number of esters is 2. The van der Waals surface area contributed by atoms with Crippen LogP contribution in [0.3, 0.4) is 0 Å². The minimum atomic E-state index is -0.582. The molecule has 1 aliphatic heterocycles. The van der Waals surface area contributed by atoms with E-state index >= 15 is 0 Å². The summed E-state index contributed by atoms with van der Waals surface area (Å²) in [6.45, 7) is 5.79. The van der Waals surface area contributed by atoms with Crippen molar-refractivity contribution in [3.8, 4) is 0 Å². The molecule has 98 valence electrons. The monoisotopic (exact) mass is 250 g/mol. The molecule has 0 N–H and O–H groups in total. The van der Waals surface area contributed by atoms with Crippen molar-refractivity contribution in [1.82, 2.24) is 0 Å². The SMILES string of the molecule is CCOC(=O)C1=C(C2=CC(C)(C)OC2=O)CCC1. The lowest BCUT2D eigenvalue weighted by Crippen LogP contribution is -2.18. The van der Waals surface area contributed by atoms with E-state index in [1.807, 2.05) is 13.8 Å².